The molecule has 1 heterocycles. The summed E-state index contributed by atoms with van der Waals surface area (Å²) in [7, 11) is 0. The van der Waals surface area contributed by atoms with Gasteiger partial charge in [0, 0.05) is 24.9 Å². The summed E-state index contributed by atoms with van der Waals surface area (Å²) in [6.45, 7) is 6.29. The molecule has 1 amide bonds. The number of nitrogens with zero attached hydrogens (tertiary/aromatic N) is 1. The maximum absolute atomic E-state index is 12.3. The second-order valence-corrected chi connectivity index (χ2v) is 5.77. The first-order valence-corrected chi connectivity index (χ1v) is 7.67. The Kier molecular flexibility index (Phi) is 7.59. The second-order valence-electron chi connectivity index (χ2n) is 5.77. The van der Waals surface area contributed by atoms with E-state index in [1.54, 1.807) is 19.4 Å². The molecule has 0 spiro atoms. The van der Waals surface area contributed by atoms with Crippen LogP contribution in [0.1, 0.15) is 39.3 Å². The fraction of sp³-hybridized carbons (Fsp3) is 0.667. The van der Waals surface area contributed by atoms with Gasteiger partial charge in [0.25, 0.3) is 0 Å². The van der Waals surface area contributed by atoms with Gasteiger partial charge in [-0.25, -0.2) is 4.98 Å². The third kappa shape index (κ3) is 6.26. The minimum absolute atomic E-state index is 0.159. The van der Waals surface area contributed by atoms with Crippen molar-refractivity contribution in [1.82, 2.24) is 20.6 Å². The van der Waals surface area contributed by atoms with Crippen LogP contribution >= 0.6 is 0 Å². The van der Waals surface area contributed by atoms with Gasteiger partial charge in [-0.15, -0.1) is 0 Å². The molecule has 0 aliphatic heterocycles. The Bertz CT molecular complexity index is 459. The van der Waals surface area contributed by atoms with Crippen LogP contribution in [-0.2, 0) is 16.0 Å². The highest BCUT2D eigenvalue weighted by molar-refractivity contribution is 5.83. The Hall–Kier alpha value is -1.89. The minimum atomic E-state index is -0.929. The van der Waals surface area contributed by atoms with Crippen LogP contribution < -0.4 is 10.6 Å². The lowest BCUT2D eigenvalue weighted by Crippen LogP contribution is -2.51. The number of hydrogen-bond donors (Lipinski definition) is 4. The Morgan fingerprint density at radius 2 is 2.09 bits per heavy atom. The van der Waals surface area contributed by atoms with Crippen molar-refractivity contribution in [2.45, 2.75) is 52.1 Å². The monoisotopic (exact) mass is 310 g/mol. The van der Waals surface area contributed by atoms with Crippen LogP contribution in [0.25, 0.3) is 0 Å². The number of H-pyrrole nitrogens is 1. The van der Waals surface area contributed by atoms with Crippen molar-refractivity contribution in [3.8, 4) is 0 Å². The van der Waals surface area contributed by atoms with Crippen molar-refractivity contribution in [2.75, 3.05) is 6.54 Å². The number of aromatic amines is 1. The second kappa shape index (κ2) is 9.19. The molecule has 1 aromatic heterocycles. The number of carboxylic acid groups (broad SMARTS) is 1. The number of amides is 1. The van der Waals surface area contributed by atoms with E-state index in [9.17, 15) is 9.59 Å². The number of hydrogen-bond acceptors (Lipinski definition) is 4. The van der Waals surface area contributed by atoms with E-state index in [0.29, 0.717) is 31.7 Å². The van der Waals surface area contributed by atoms with Crippen LogP contribution in [-0.4, -0.2) is 45.6 Å². The van der Waals surface area contributed by atoms with Crippen molar-refractivity contribution < 1.29 is 14.7 Å². The summed E-state index contributed by atoms with van der Waals surface area (Å²) in [4.78, 5) is 30.3. The van der Waals surface area contributed by atoms with Crippen LogP contribution in [0.15, 0.2) is 12.5 Å². The molecule has 124 valence electrons. The molecule has 0 bridgehead atoms. The third-order valence-corrected chi connectivity index (χ3v) is 3.38. The van der Waals surface area contributed by atoms with Gasteiger partial charge >= 0.3 is 5.97 Å². The van der Waals surface area contributed by atoms with Gasteiger partial charge in [0.2, 0.25) is 5.91 Å². The van der Waals surface area contributed by atoms with Gasteiger partial charge in [0.1, 0.15) is 6.04 Å². The Balaban J connectivity index is 2.53. The topological polar surface area (TPSA) is 107 Å². The molecule has 1 aromatic rings. The van der Waals surface area contributed by atoms with Crippen molar-refractivity contribution >= 4 is 11.9 Å². The first kappa shape index (κ1) is 18.2. The highest BCUT2D eigenvalue weighted by atomic mass is 16.4. The average molecular weight is 310 g/mol. The molecule has 0 aromatic carbocycles. The van der Waals surface area contributed by atoms with Crippen LogP contribution in [0, 0.1) is 5.92 Å². The van der Waals surface area contributed by atoms with Crippen molar-refractivity contribution in [3.05, 3.63) is 18.2 Å². The van der Waals surface area contributed by atoms with E-state index in [-0.39, 0.29) is 5.91 Å². The highest BCUT2D eigenvalue weighted by Gasteiger charge is 2.25. The number of rotatable bonds is 10. The predicted octanol–water partition coefficient (Wildman–Crippen LogP) is 0.936. The maximum Gasteiger partial charge on any atom is 0.320 e. The highest BCUT2D eigenvalue weighted by Crippen LogP contribution is 2.07. The fourth-order valence-corrected chi connectivity index (χ4v) is 2.19. The zero-order valence-electron chi connectivity index (χ0n) is 13.4. The van der Waals surface area contributed by atoms with E-state index in [0.717, 1.165) is 5.69 Å². The number of imidazole rings is 1. The molecule has 0 saturated heterocycles. The van der Waals surface area contributed by atoms with Gasteiger partial charge in [-0.05, 0) is 18.8 Å². The number of aromatic nitrogens is 2. The first-order chi connectivity index (χ1) is 10.4. The largest absolute Gasteiger partial charge is 0.480 e. The first-order valence-electron chi connectivity index (χ1n) is 7.67. The number of carbonyl (C=O) groups excluding carboxylic acids is 1. The smallest absolute Gasteiger partial charge is 0.320 e. The molecule has 0 radical (unpaired) electrons. The molecule has 7 heteroatoms. The van der Waals surface area contributed by atoms with E-state index in [1.807, 2.05) is 13.8 Å². The van der Waals surface area contributed by atoms with Crippen LogP contribution in [0.3, 0.4) is 0 Å². The summed E-state index contributed by atoms with van der Waals surface area (Å²) in [6, 6.07) is -1.20. The molecular formula is C15H26N4O3. The molecule has 0 saturated carbocycles. The summed E-state index contributed by atoms with van der Waals surface area (Å²) in [6.07, 6.45) is 5.01. The van der Waals surface area contributed by atoms with Crippen molar-refractivity contribution in [1.29, 1.82) is 0 Å². The Morgan fingerprint density at radius 1 is 1.36 bits per heavy atom. The van der Waals surface area contributed by atoms with Crippen LogP contribution in [0.2, 0.25) is 0 Å². The van der Waals surface area contributed by atoms with E-state index in [4.69, 9.17) is 5.11 Å². The van der Waals surface area contributed by atoms with Gasteiger partial charge in [0.15, 0.2) is 0 Å². The lowest BCUT2D eigenvalue weighted by molar-refractivity contribution is -0.140. The predicted molar refractivity (Wildman–Crippen MR) is 83.4 cm³/mol. The summed E-state index contributed by atoms with van der Waals surface area (Å²) >= 11 is 0. The molecule has 2 atom stereocenters. The van der Waals surface area contributed by atoms with Gasteiger partial charge in [-0.2, -0.15) is 0 Å². The zero-order chi connectivity index (χ0) is 16.5. The minimum Gasteiger partial charge on any atom is -0.480 e. The van der Waals surface area contributed by atoms with E-state index < -0.39 is 18.1 Å². The SMILES string of the molecule is CCC(NC(CC(C)C)C(=O)NCCc1cnc[nH]1)C(=O)O. The summed E-state index contributed by atoms with van der Waals surface area (Å²) < 4.78 is 0. The normalized spacial score (nSPS) is 13.8. The number of aliphatic carboxylic acids is 1. The van der Waals surface area contributed by atoms with Crippen molar-refractivity contribution in [2.24, 2.45) is 5.92 Å². The molecule has 1 rings (SSSR count). The summed E-state index contributed by atoms with van der Waals surface area (Å²) in [5, 5.41) is 14.9. The Labute approximate surface area is 130 Å². The molecule has 0 aliphatic rings. The van der Waals surface area contributed by atoms with E-state index in [2.05, 4.69) is 20.6 Å². The third-order valence-electron chi connectivity index (χ3n) is 3.38. The lowest BCUT2D eigenvalue weighted by atomic mass is 10.0. The average Bonchev–Trinajstić information content (AvgIpc) is 2.95. The number of nitrogens with one attached hydrogen (secondary N) is 3. The quantitative estimate of drug-likeness (QED) is 0.514. The van der Waals surface area contributed by atoms with Crippen molar-refractivity contribution in [3.63, 3.8) is 0 Å². The molecule has 0 aliphatic carbocycles. The van der Waals surface area contributed by atoms with E-state index in [1.165, 1.54) is 0 Å². The summed E-state index contributed by atoms with van der Waals surface area (Å²) in [5.74, 6) is -0.795. The summed E-state index contributed by atoms with van der Waals surface area (Å²) in [5.41, 5.74) is 0.950. The van der Waals surface area contributed by atoms with E-state index >= 15 is 0 Å². The molecular weight excluding hydrogens is 284 g/mol. The standard InChI is InChI=1S/C15H26N4O3/c1-4-12(15(21)22)19-13(7-10(2)3)14(20)17-6-5-11-8-16-9-18-11/h8-10,12-13,19H,4-7H2,1-3H3,(H,16,18)(H,17,20)(H,21,22). The molecule has 7 nitrogen and oxygen atoms in total. The molecule has 4 N–H and O–H groups in total. The van der Waals surface area contributed by atoms with Crippen LogP contribution in [0.4, 0.5) is 0 Å². The number of carboxylic acids is 1. The molecule has 0 fully saturated rings. The van der Waals surface area contributed by atoms with Gasteiger partial charge < -0.3 is 15.4 Å². The van der Waals surface area contributed by atoms with Gasteiger partial charge in [0.05, 0.1) is 12.4 Å². The maximum atomic E-state index is 12.3. The lowest BCUT2D eigenvalue weighted by Gasteiger charge is -2.23. The number of carbonyl (C=O) groups is 2. The Morgan fingerprint density at radius 3 is 2.59 bits per heavy atom. The van der Waals surface area contributed by atoms with Gasteiger partial charge in [-0.3, -0.25) is 14.9 Å². The van der Waals surface area contributed by atoms with Crippen LogP contribution in [0.5, 0.6) is 0 Å². The zero-order valence-corrected chi connectivity index (χ0v) is 13.4. The fourth-order valence-electron chi connectivity index (χ4n) is 2.19. The molecule has 2 unspecified atom stereocenters. The molecule has 22 heavy (non-hydrogen) atoms. The van der Waals surface area contributed by atoms with Gasteiger partial charge in [-0.1, -0.05) is 20.8 Å².